The smallest absolute Gasteiger partial charge is 0.137 e. The predicted molar refractivity (Wildman–Crippen MR) is 69.4 cm³/mol. The van der Waals surface area contributed by atoms with Gasteiger partial charge in [-0.3, -0.25) is 8.80 Å². The normalized spacial score (nSPS) is 11.3. The van der Waals surface area contributed by atoms with E-state index < -0.39 is 0 Å². The fraction of sp³-hybridized carbons (Fsp3) is 0. The molecule has 0 N–H and O–H groups in total. The average Bonchev–Trinajstić information content (AvgIpc) is 3.06. The highest BCUT2D eigenvalue weighted by molar-refractivity contribution is 5.63. The van der Waals surface area contributed by atoms with Crippen LogP contribution >= 0.6 is 0 Å². The zero-order valence-corrected chi connectivity index (χ0v) is 9.56. The first-order valence-electron chi connectivity index (χ1n) is 5.78. The molecule has 0 aliphatic rings. The molecule has 0 saturated carbocycles. The highest BCUT2D eigenvalue weighted by Gasteiger charge is 2.07. The third-order valence-electron chi connectivity index (χ3n) is 3.12. The van der Waals surface area contributed by atoms with Gasteiger partial charge in [-0.15, -0.1) is 0 Å². The topological polar surface area (TPSA) is 34.6 Å². The molecule has 0 aliphatic heterocycles. The lowest BCUT2D eigenvalue weighted by Crippen LogP contribution is -1.96. The minimum Gasteiger partial charge on any atom is -0.298 e. The Kier molecular flexibility index (Phi) is 1.80. The van der Waals surface area contributed by atoms with Gasteiger partial charge in [0, 0.05) is 24.8 Å². The molecule has 0 fully saturated rings. The highest BCUT2D eigenvalue weighted by atomic mass is 15.0. The van der Waals surface area contributed by atoms with E-state index in [-0.39, 0.29) is 0 Å². The van der Waals surface area contributed by atoms with Crippen molar-refractivity contribution < 1.29 is 0 Å². The van der Waals surface area contributed by atoms with E-state index in [1.165, 1.54) is 0 Å². The van der Waals surface area contributed by atoms with E-state index in [0.29, 0.717) is 0 Å². The molecule has 0 amide bonds. The minimum absolute atomic E-state index is 0.949. The molecular formula is C14H10N4. The van der Waals surface area contributed by atoms with E-state index in [9.17, 15) is 0 Å². The highest BCUT2D eigenvalue weighted by Crippen LogP contribution is 2.21. The molecule has 86 valence electrons. The molecule has 4 heteroatoms. The molecule has 4 aromatic rings. The number of aromatic nitrogens is 4. The Morgan fingerprint density at radius 1 is 0.667 bits per heavy atom. The molecule has 4 heterocycles. The van der Waals surface area contributed by atoms with Crippen molar-refractivity contribution in [3.05, 3.63) is 61.2 Å². The summed E-state index contributed by atoms with van der Waals surface area (Å²) in [6.45, 7) is 0. The largest absolute Gasteiger partial charge is 0.298 e. The summed E-state index contributed by atoms with van der Waals surface area (Å²) >= 11 is 0. The summed E-state index contributed by atoms with van der Waals surface area (Å²) in [4.78, 5) is 8.62. The van der Waals surface area contributed by atoms with Gasteiger partial charge in [0.1, 0.15) is 11.3 Å². The van der Waals surface area contributed by atoms with Crippen LogP contribution in [0.3, 0.4) is 0 Å². The second-order valence-electron chi connectivity index (χ2n) is 4.13. The van der Waals surface area contributed by atoms with Crippen molar-refractivity contribution in [3.63, 3.8) is 0 Å². The molecule has 18 heavy (non-hydrogen) atoms. The van der Waals surface area contributed by atoms with Crippen LogP contribution in [-0.4, -0.2) is 18.8 Å². The third-order valence-corrected chi connectivity index (χ3v) is 3.12. The Labute approximate surface area is 103 Å². The van der Waals surface area contributed by atoms with E-state index in [2.05, 4.69) is 30.9 Å². The van der Waals surface area contributed by atoms with E-state index in [4.69, 9.17) is 0 Å². The summed E-state index contributed by atoms with van der Waals surface area (Å²) < 4.78 is 4.16. The SMILES string of the molecule is c1cc(-c2cccc3nccn23)n2ccnc2c1. The van der Waals surface area contributed by atoms with Crippen molar-refractivity contribution in [3.8, 4) is 11.4 Å². The molecule has 4 nitrogen and oxygen atoms in total. The van der Waals surface area contributed by atoms with Gasteiger partial charge in [0.05, 0.1) is 11.4 Å². The van der Waals surface area contributed by atoms with Crippen molar-refractivity contribution in [1.82, 2.24) is 18.8 Å². The maximum atomic E-state index is 4.31. The van der Waals surface area contributed by atoms with Crippen LogP contribution in [0.4, 0.5) is 0 Å². The van der Waals surface area contributed by atoms with E-state index in [0.717, 1.165) is 22.7 Å². The summed E-state index contributed by atoms with van der Waals surface area (Å²) in [7, 11) is 0. The molecule has 0 radical (unpaired) electrons. The van der Waals surface area contributed by atoms with Crippen LogP contribution in [0, 0.1) is 0 Å². The summed E-state index contributed by atoms with van der Waals surface area (Å²) in [5, 5.41) is 0. The molecule has 0 atom stereocenters. The zero-order chi connectivity index (χ0) is 11.9. The molecule has 0 unspecified atom stereocenters. The van der Waals surface area contributed by atoms with Gasteiger partial charge in [-0.2, -0.15) is 0 Å². The summed E-state index contributed by atoms with van der Waals surface area (Å²) in [6, 6.07) is 12.2. The molecule has 4 rings (SSSR count). The monoisotopic (exact) mass is 234 g/mol. The molecule has 0 spiro atoms. The fourth-order valence-electron chi connectivity index (χ4n) is 2.31. The summed E-state index contributed by atoms with van der Waals surface area (Å²) in [6.07, 6.45) is 7.57. The Morgan fingerprint density at radius 2 is 1.17 bits per heavy atom. The van der Waals surface area contributed by atoms with Crippen LogP contribution in [0.25, 0.3) is 22.7 Å². The molecule has 0 bridgehead atoms. The maximum Gasteiger partial charge on any atom is 0.137 e. The minimum atomic E-state index is 0.949. The first-order chi connectivity index (χ1) is 8.93. The number of hydrogen-bond acceptors (Lipinski definition) is 2. The number of rotatable bonds is 1. The molecule has 4 aromatic heterocycles. The van der Waals surface area contributed by atoms with Gasteiger partial charge in [0.2, 0.25) is 0 Å². The van der Waals surface area contributed by atoms with Crippen LogP contribution in [0.2, 0.25) is 0 Å². The van der Waals surface area contributed by atoms with Crippen molar-refractivity contribution in [2.24, 2.45) is 0 Å². The van der Waals surface area contributed by atoms with Crippen molar-refractivity contribution in [1.29, 1.82) is 0 Å². The van der Waals surface area contributed by atoms with Crippen molar-refractivity contribution >= 4 is 11.3 Å². The average molecular weight is 234 g/mol. The lowest BCUT2D eigenvalue weighted by atomic mass is 10.2. The third kappa shape index (κ3) is 1.20. The number of fused-ring (bicyclic) bond motifs is 2. The second-order valence-corrected chi connectivity index (χ2v) is 4.13. The Bertz CT molecular complexity index is 769. The van der Waals surface area contributed by atoms with Gasteiger partial charge in [-0.25, -0.2) is 9.97 Å². The Hall–Kier alpha value is -2.62. The van der Waals surface area contributed by atoms with Crippen molar-refractivity contribution in [2.45, 2.75) is 0 Å². The number of nitrogens with zero attached hydrogens (tertiary/aromatic N) is 4. The standard InChI is InChI=1S/C14H10N4/c1-3-11(17-9-7-15-13(17)5-1)12-4-2-6-14-16-8-10-18(12)14/h1-10H. The van der Waals surface area contributed by atoms with E-state index >= 15 is 0 Å². The van der Waals surface area contributed by atoms with E-state index in [1.807, 2.05) is 49.1 Å². The Morgan fingerprint density at radius 3 is 1.67 bits per heavy atom. The van der Waals surface area contributed by atoms with Gasteiger partial charge in [0.15, 0.2) is 0 Å². The maximum absolute atomic E-state index is 4.31. The molecular weight excluding hydrogens is 224 g/mol. The van der Waals surface area contributed by atoms with Crippen LogP contribution in [0.1, 0.15) is 0 Å². The van der Waals surface area contributed by atoms with Gasteiger partial charge in [0.25, 0.3) is 0 Å². The summed E-state index contributed by atoms with van der Waals surface area (Å²) in [5.74, 6) is 0. The Balaban J connectivity index is 2.13. The van der Waals surface area contributed by atoms with Gasteiger partial charge in [-0.1, -0.05) is 12.1 Å². The first kappa shape index (κ1) is 9.41. The van der Waals surface area contributed by atoms with Gasteiger partial charge < -0.3 is 0 Å². The molecule has 0 saturated heterocycles. The summed E-state index contributed by atoms with van der Waals surface area (Å²) in [5.41, 5.74) is 4.11. The fourth-order valence-corrected chi connectivity index (χ4v) is 2.31. The lowest BCUT2D eigenvalue weighted by molar-refractivity contribution is 1.12. The van der Waals surface area contributed by atoms with Gasteiger partial charge >= 0.3 is 0 Å². The number of hydrogen-bond donors (Lipinski definition) is 0. The van der Waals surface area contributed by atoms with Crippen LogP contribution in [0.5, 0.6) is 0 Å². The van der Waals surface area contributed by atoms with Crippen LogP contribution in [-0.2, 0) is 0 Å². The predicted octanol–water partition coefficient (Wildman–Crippen LogP) is 2.65. The quantitative estimate of drug-likeness (QED) is 0.507. The zero-order valence-electron chi connectivity index (χ0n) is 9.56. The van der Waals surface area contributed by atoms with Crippen LogP contribution in [0.15, 0.2) is 61.2 Å². The van der Waals surface area contributed by atoms with E-state index in [1.54, 1.807) is 0 Å². The molecule has 0 aliphatic carbocycles. The number of pyridine rings is 2. The number of imidazole rings is 2. The first-order valence-corrected chi connectivity index (χ1v) is 5.78. The molecule has 0 aromatic carbocycles. The van der Waals surface area contributed by atoms with Crippen LogP contribution < -0.4 is 0 Å². The van der Waals surface area contributed by atoms with Crippen molar-refractivity contribution in [2.75, 3.05) is 0 Å². The van der Waals surface area contributed by atoms with Gasteiger partial charge in [-0.05, 0) is 24.3 Å². The lowest BCUT2D eigenvalue weighted by Gasteiger charge is -2.08. The second kappa shape index (κ2) is 3.43.